The van der Waals surface area contributed by atoms with Gasteiger partial charge < -0.3 is 0 Å². The minimum absolute atomic E-state index is 0.0650. The summed E-state index contributed by atoms with van der Waals surface area (Å²) < 4.78 is 22.6. The molecule has 0 radical (unpaired) electrons. The van der Waals surface area contributed by atoms with E-state index in [1.165, 1.54) is 0 Å². The van der Waals surface area contributed by atoms with Crippen molar-refractivity contribution < 1.29 is 13.2 Å². The van der Waals surface area contributed by atoms with Crippen LogP contribution in [0.5, 0.6) is 0 Å². The number of benzene rings is 1. The molecule has 0 N–H and O–H groups in total. The molecule has 0 aliphatic rings. The zero-order valence-electron chi connectivity index (χ0n) is 8.34. The van der Waals surface area contributed by atoms with Crippen LogP contribution in [0.3, 0.4) is 0 Å². The lowest BCUT2D eigenvalue weighted by Gasteiger charge is -2.02. The molecule has 0 aliphatic carbocycles. The second-order valence-corrected chi connectivity index (χ2v) is 6.29. The minimum atomic E-state index is -2.97. The summed E-state index contributed by atoms with van der Waals surface area (Å²) in [7, 11) is -2.97. The van der Waals surface area contributed by atoms with Gasteiger partial charge in [0, 0.05) is 10.6 Å². The van der Waals surface area contributed by atoms with E-state index in [9.17, 15) is 13.2 Å². The van der Waals surface area contributed by atoms with Gasteiger partial charge in [-0.2, -0.15) is 0 Å². The molecule has 82 valence electrons. The average Bonchev–Trinajstić information content (AvgIpc) is 2.21. The SMILES string of the molecule is CCS(=O)(=O)Cc1ccc(SC=O)cc1. The van der Waals surface area contributed by atoms with Gasteiger partial charge in [0.25, 0.3) is 0 Å². The van der Waals surface area contributed by atoms with Crippen molar-refractivity contribution in [2.45, 2.75) is 17.6 Å². The standard InChI is InChI=1S/C10H12O3S2/c1-2-15(12,13)7-9-3-5-10(6-4-9)14-8-11/h3-6,8H,2,7H2,1H3. The summed E-state index contributed by atoms with van der Waals surface area (Å²) in [5.74, 6) is 0.216. The minimum Gasteiger partial charge on any atom is -0.291 e. The molecule has 5 heteroatoms. The molecule has 0 unspecified atom stereocenters. The Morgan fingerprint density at radius 3 is 2.33 bits per heavy atom. The Labute approximate surface area is 93.8 Å². The number of hydrogen-bond acceptors (Lipinski definition) is 4. The van der Waals surface area contributed by atoms with Crippen LogP contribution in [-0.4, -0.2) is 19.8 Å². The number of carbonyl (C=O) groups excluding carboxylic acids is 1. The Kier molecular flexibility index (Phi) is 4.35. The van der Waals surface area contributed by atoms with Crippen LogP contribution in [0.25, 0.3) is 0 Å². The number of rotatable bonds is 5. The highest BCUT2D eigenvalue weighted by Crippen LogP contribution is 2.16. The van der Waals surface area contributed by atoms with Crippen molar-refractivity contribution in [1.82, 2.24) is 0 Å². The molecular weight excluding hydrogens is 232 g/mol. The fourth-order valence-corrected chi connectivity index (χ4v) is 2.38. The maximum Gasteiger partial charge on any atom is 0.180 e. The van der Waals surface area contributed by atoms with E-state index in [1.807, 2.05) is 0 Å². The van der Waals surface area contributed by atoms with Crippen LogP contribution in [0, 0.1) is 0 Å². The summed E-state index contributed by atoms with van der Waals surface area (Å²) >= 11 is 1.08. The van der Waals surface area contributed by atoms with Crippen molar-refractivity contribution in [3.05, 3.63) is 29.8 Å². The monoisotopic (exact) mass is 244 g/mol. The number of sulfone groups is 1. The molecule has 1 rings (SSSR count). The molecular formula is C10H12O3S2. The van der Waals surface area contributed by atoms with Crippen molar-refractivity contribution in [2.24, 2.45) is 0 Å². The van der Waals surface area contributed by atoms with E-state index in [-0.39, 0.29) is 11.5 Å². The maximum atomic E-state index is 11.3. The van der Waals surface area contributed by atoms with Crippen molar-refractivity contribution in [3.8, 4) is 0 Å². The first-order chi connectivity index (χ1) is 7.07. The van der Waals surface area contributed by atoms with Crippen LogP contribution in [0.2, 0.25) is 0 Å². The Hall–Kier alpha value is -0.810. The largest absolute Gasteiger partial charge is 0.291 e. The molecule has 0 atom stereocenters. The summed E-state index contributed by atoms with van der Waals surface area (Å²) in [5.41, 5.74) is 1.50. The molecule has 0 aromatic heterocycles. The second-order valence-electron chi connectivity index (χ2n) is 3.03. The first-order valence-corrected chi connectivity index (χ1v) is 7.17. The summed E-state index contributed by atoms with van der Waals surface area (Å²) in [6, 6.07) is 6.97. The third-order valence-corrected chi connectivity index (χ3v) is 4.23. The molecule has 15 heavy (non-hydrogen) atoms. The molecule has 0 saturated carbocycles. The number of carbonyl (C=O) groups is 1. The lowest BCUT2D eigenvalue weighted by molar-refractivity contribution is 0.570. The molecule has 3 nitrogen and oxygen atoms in total. The second kappa shape index (κ2) is 5.32. The summed E-state index contributed by atoms with van der Waals surface area (Å²) in [4.78, 5) is 11.0. The normalized spacial score (nSPS) is 11.3. The van der Waals surface area contributed by atoms with Crippen LogP contribution in [0.1, 0.15) is 12.5 Å². The van der Waals surface area contributed by atoms with Gasteiger partial charge in [0.2, 0.25) is 0 Å². The summed E-state index contributed by atoms with van der Waals surface area (Å²) in [6.07, 6.45) is 0. The van der Waals surface area contributed by atoms with E-state index >= 15 is 0 Å². The van der Waals surface area contributed by atoms with Gasteiger partial charge in [-0.05, 0) is 17.7 Å². The third-order valence-electron chi connectivity index (χ3n) is 1.93. The van der Waals surface area contributed by atoms with Crippen LogP contribution in [0.15, 0.2) is 29.2 Å². The molecule has 0 bridgehead atoms. The van der Waals surface area contributed by atoms with Crippen LogP contribution < -0.4 is 0 Å². The van der Waals surface area contributed by atoms with Crippen molar-refractivity contribution >= 4 is 27.2 Å². The maximum absolute atomic E-state index is 11.3. The van der Waals surface area contributed by atoms with Gasteiger partial charge in [-0.3, -0.25) is 4.79 Å². The van der Waals surface area contributed by atoms with Crippen molar-refractivity contribution in [1.29, 1.82) is 0 Å². The van der Waals surface area contributed by atoms with E-state index in [4.69, 9.17) is 0 Å². The van der Waals surface area contributed by atoms with Gasteiger partial charge in [0.15, 0.2) is 15.5 Å². The fraction of sp³-hybridized carbons (Fsp3) is 0.300. The number of hydrogen-bond donors (Lipinski definition) is 0. The van der Waals surface area contributed by atoms with Gasteiger partial charge in [0.1, 0.15) is 0 Å². The fourth-order valence-electron chi connectivity index (χ4n) is 1.08. The third kappa shape index (κ3) is 4.05. The topological polar surface area (TPSA) is 51.2 Å². The van der Waals surface area contributed by atoms with E-state index in [0.717, 1.165) is 27.8 Å². The van der Waals surface area contributed by atoms with E-state index in [1.54, 1.807) is 31.2 Å². The van der Waals surface area contributed by atoms with E-state index in [2.05, 4.69) is 0 Å². The predicted octanol–water partition coefficient (Wildman–Crippen LogP) is 1.90. The van der Waals surface area contributed by atoms with Crippen molar-refractivity contribution in [2.75, 3.05) is 5.75 Å². The summed E-state index contributed by atoms with van der Waals surface area (Å²) in [5, 5.41) is 0. The summed E-state index contributed by atoms with van der Waals surface area (Å²) in [6.45, 7) is 1.63. The lowest BCUT2D eigenvalue weighted by atomic mass is 10.2. The first kappa shape index (κ1) is 12.3. The van der Waals surface area contributed by atoms with Gasteiger partial charge in [-0.1, -0.05) is 30.8 Å². The highest BCUT2D eigenvalue weighted by molar-refractivity contribution is 8.11. The Balaban J connectivity index is 2.77. The Morgan fingerprint density at radius 2 is 1.87 bits per heavy atom. The highest BCUT2D eigenvalue weighted by Gasteiger charge is 2.08. The molecule has 0 aliphatic heterocycles. The molecule has 0 heterocycles. The van der Waals surface area contributed by atoms with Crippen molar-refractivity contribution in [3.63, 3.8) is 0 Å². The quantitative estimate of drug-likeness (QED) is 0.586. The predicted molar refractivity (Wildman–Crippen MR) is 62.2 cm³/mol. The Bertz CT molecular complexity index is 420. The molecule has 0 saturated heterocycles. The highest BCUT2D eigenvalue weighted by atomic mass is 32.2. The van der Waals surface area contributed by atoms with Gasteiger partial charge >= 0.3 is 0 Å². The molecule has 0 fully saturated rings. The molecule has 1 aromatic rings. The Morgan fingerprint density at radius 1 is 1.27 bits per heavy atom. The van der Waals surface area contributed by atoms with Gasteiger partial charge in [-0.25, -0.2) is 8.42 Å². The number of thioether (sulfide) groups is 1. The zero-order chi connectivity index (χ0) is 11.3. The molecule has 0 amide bonds. The first-order valence-electron chi connectivity index (χ1n) is 4.47. The lowest BCUT2D eigenvalue weighted by Crippen LogP contribution is -2.06. The average molecular weight is 244 g/mol. The smallest absolute Gasteiger partial charge is 0.180 e. The van der Waals surface area contributed by atoms with Crippen LogP contribution >= 0.6 is 11.8 Å². The van der Waals surface area contributed by atoms with Gasteiger partial charge in [0.05, 0.1) is 5.75 Å². The zero-order valence-corrected chi connectivity index (χ0v) is 9.98. The molecule has 1 aromatic carbocycles. The van der Waals surface area contributed by atoms with Crippen LogP contribution in [-0.2, 0) is 20.4 Å². The molecule has 0 spiro atoms. The van der Waals surface area contributed by atoms with Gasteiger partial charge in [-0.15, -0.1) is 0 Å². The van der Waals surface area contributed by atoms with E-state index < -0.39 is 9.84 Å². The van der Waals surface area contributed by atoms with E-state index in [0.29, 0.717) is 0 Å². The van der Waals surface area contributed by atoms with Crippen LogP contribution in [0.4, 0.5) is 0 Å².